The molecule has 0 atom stereocenters. The molecular formula is C20H18ClN5O5. The number of nitro groups is 1. The van der Waals surface area contributed by atoms with Gasteiger partial charge in [-0.15, -0.1) is 0 Å². The highest BCUT2D eigenvalue weighted by atomic mass is 35.5. The molecule has 0 unspecified atom stereocenters. The minimum absolute atomic E-state index is 0.0348. The van der Waals surface area contributed by atoms with Crippen molar-refractivity contribution in [3.05, 3.63) is 69.5 Å². The zero-order valence-corrected chi connectivity index (χ0v) is 17.3. The van der Waals surface area contributed by atoms with Gasteiger partial charge in [0, 0.05) is 10.7 Å². The van der Waals surface area contributed by atoms with Gasteiger partial charge in [-0.25, -0.2) is 14.8 Å². The van der Waals surface area contributed by atoms with Gasteiger partial charge in [0.2, 0.25) is 11.6 Å². The largest absolute Gasteiger partial charge is 0.495 e. The first kappa shape index (κ1) is 21.8. The predicted octanol–water partition coefficient (Wildman–Crippen LogP) is 4.71. The number of rotatable bonds is 8. The van der Waals surface area contributed by atoms with Crippen LogP contribution in [0.4, 0.5) is 28.7 Å². The smallest absolute Gasteiger partial charge is 0.353 e. The number of methoxy groups -OCH3 is 1. The summed E-state index contributed by atoms with van der Waals surface area (Å²) in [6, 6.07) is 11.1. The number of hydrogen-bond donors (Lipinski definition) is 2. The zero-order chi connectivity index (χ0) is 22.4. The lowest BCUT2D eigenvalue weighted by molar-refractivity contribution is -0.383. The highest BCUT2D eigenvalue weighted by molar-refractivity contribution is 6.31. The lowest BCUT2D eigenvalue weighted by Crippen LogP contribution is -2.07. The molecule has 3 rings (SSSR count). The van der Waals surface area contributed by atoms with E-state index in [-0.39, 0.29) is 23.9 Å². The number of esters is 1. The van der Waals surface area contributed by atoms with E-state index in [2.05, 4.69) is 20.6 Å². The second-order valence-electron chi connectivity index (χ2n) is 6.07. The lowest BCUT2D eigenvalue weighted by atomic mass is 10.2. The van der Waals surface area contributed by atoms with Gasteiger partial charge in [0.25, 0.3) is 0 Å². The van der Waals surface area contributed by atoms with E-state index in [4.69, 9.17) is 21.1 Å². The Morgan fingerprint density at radius 3 is 2.42 bits per heavy atom. The number of carbonyl (C=O) groups is 1. The van der Waals surface area contributed by atoms with Crippen LogP contribution in [0.5, 0.6) is 5.75 Å². The molecule has 0 radical (unpaired) electrons. The van der Waals surface area contributed by atoms with E-state index in [0.717, 1.165) is 0 Å². The van der Waals surface area contributed by atoms with E-state index >= 15 is 0 Å². The number of ether oxygens (including phenoxy) is 2. The van der Waals surface area contributed by atoms with E-state index in [1.54, 1.807) is 49.4 Å². The molecule has 0 saturated carbocycles. The third-order valence-corrected chi connectivity index (χ3v) is 4.31. The molecule has 0 aliphatic carbocycles. The van der Waals surface area contributed by atoms with Gasteiger partial charge in [0.1, 0.15) is 12.1 Å². The summed E-state index contributed by atoms with van der Waals surface area (Å²) in [6.07, 6.45) is 1.18. The second-order valence-corrected chi connectivity index (χ2v) is 6.51. The number of carbonyl (C=O) groups excluding carboxylic acids is 1. The molecule has 0 fully saturated rings. The molecule has 0 bridgehead atoms. The molecule has 10 nitrogen and oxygen atoms in total. The number of nitrogens with zero attached hydrogens (tertiary/aromatic N) is 3. The maximum atomic E-state index is 11.8. The molecular weight excluding hydrogens is 426 g/mol. The van der Waals surface area contributed by atoms with Crippen LogP contribution in [0.2, 0.25) is 5.02 Å². The molecule has 2 aromatic carbocycles. The fourth-order valence-corrected chi connectivity index (χ4v) is 2.85. The monoisotopic (exact) mass is 443 g/mol. The van der Waals surface area contributed by atoms with E-state index in [1.807, 2.05) is 0 Å². The SMILES string of the molecule is CCOC(=O)c1ccc(Nc2ncnc(Nc3cc(Cl)ccc3OC)c2[N+](=O)[O-])cc1. The normalized spacial score (nSPS) is 10.3. The van der Waals surface area contributed by atoms with E-state index in [9.17, 15) is 14.9 Å². The molecule has 2 N–H and O–H groups in total. The van der Waals surface area contributed by atoms with Crippen LogP contribution in [0.15, 0.2) is 48.8 Å². The van der Waals surface area contributed by atoms with Gasteiger partial charge >= 0.3 is 11.7 Å². The van der Waals surface area contributed by atoms with Gasteiger partial charge in [-0.3, -0.25) is 10.1 Å². The van der Waals surface area contributed by atoms with Crippen LogP contribution < -0.4 is 15.4 Å². The molecule has 0 saturated heterocycles. The van der Waals surface area contributed by atoms with Gasteiger partial charge in [-0.1, -0.05) is 11.6 Å². The van der Waals surface area contributed by atoms with Crippen LogP contribution in [0, 0.1) is 10.1 Å². The number of halogens is 1. The summed E-state index contributed by atoms with van der Waals surface area (Å²) >= 11 is 6.03. The van der Waals surface area contributed by atoms with Crippen LogP contribution >= 0.6 is 11.6 Å². The lowest BCUT2D eigenvalue weighted by Gasteiger charge is -2.13. The van der Waals surface area contributed by atoms with Gasteiger partial charge in [0.05, 0.1) is 29.9 Å². The highest BCUT2D eigenvalue weighted by Gasteiger charge is 2.24. The average molecular weight is 444 g/mol. The van der Waals surface area contributed by atoms with Crippen LogP contribution in [-0.2, 0) is 4.74 Å². The van der Waals surface area contributed by atoms with E-state index < -0.39 is 10.9 Å². The number of hydrogen-bond acceptors (Lipinski definition) is 9. The summed E-state index contributed by atoms with van der Waals surface area (Å²) < 4.78 is 10.2. The van der Waals surface area contributed by atoms with E-state index in [1.165, 1.54) is 13.4 Å². The van der Waals surface area contributed by atoms with Crippen molar-refractivity contribution in [2.75, 3.05) is 24.4 Å². The van der Waals surface area contributed by atoms with Crippen molar-refractivity contribution in [1.29, 1.82) is 0 Å². The van der Waals surface area contributed by atoms with Gasteiger partial charge in [-0.2, -0.15) is 0 Å². The van der Waals surface area contributed by atoms with Crippen molar-refractivity contribution in [2.45, 2.75) is 6.92 Å². The first-order valence-corrected chi connectivity index (χ1v) is 9.45. The van der Waals surface area contributed by atoms with Crippen molar-refractivity contribution in [3.63, 3.8) is 0 Å². The predicted molar refractivity (Wildman–Crippen MR) is 116 cm³/mol. The summed E-state index contributed by atoms with van der Waals surface area (Å²) in [7, 11) is 1.47. The summed E-state index contributed by atoms with van der Waals surface area (Å²) in [6.45, 7) is 1.98. The number of benzene rings is 2. The van der Waals surface area contributed by atoms with E-state index in [0.29, 0.717) is 27.7 Å². The van der Waals surface area contributed by atoms with Crippen LogP contribution in [0.25, 0.3) is 0 Å². The molecule has 0 aliphatic heterocycles. The Labute approximate surface area is 182 Å². The Morgan fingerprint density at radius 1 is 1.13 bits per heavy atom. The average Bonchev–Trinajstić information content (AvgIpc) is 2.74. The van der Waals surface area contributed by atoms with Crippen molar-refractivity contribution < 1.29 is 19.2 Å². The highest BCUT2D eigenvalue weighted by Crippen LogP contribution is 2.36. The summed E-state index contributed by atoms with van der Waals surface area (Å²) in [4.78, 5) is 30.9. The van der Waals surface area contributed by atoms with Crippen molar-refractivity contribution in [2.24, 2.45) is 0 Å². The maximum Gasteiger partial charge on any atom is 0.353 e. The molecule has 1 heterocycles. The molecule has 160 valence electrons. The molecule has 0 amide bonds. The fourth-order valence-electron chi connectivity index (χ4n) is 2.68. The van der Waals surface area contributed by atoms with Gasteiger partial charge in [0.15, 0.2) is 0 Å². The Bertz CT molecular complexity index is 1110. The molecule has 31 heavy (non-hydrogen) atoms. The summed E-state index contributed by atoms with van der Waals surface area (Å²) in [5, 5.41) is 18.0. The van der Waals surface area contributed by atoms with Crippen LogP contribution in [0.1, 0.15) is 17.3 Å². The quantitative estimate of drug-likeness (QED) is 0.289. The fraction of sp³-hybridized carbons (Fsp3) is 0.150. The van der Waals surface area contributed by atoms with Gasteiger partial charge < -0.3 is 20.1 Å². The zero-order valence-electron chi connectivity index (χ0n) is 16.6. The maximum absolute atomic E-state index is 11.8. The number of anilines is 4. The first-order valence-electron chi connectivity index (χ1n) is 9.07. The van der Waals surface area contributed by atoms with Gasteiger partial charge in [-0.05, 0) is 49.4 Å². The van der Waals surface area contributed by atoms with Crippen LogP contribution in [-0.4, -0.2) is 34.6 Å². The summed E-state index contributed by atoms with van der Waals surface area (Å²) in [5.41, 5.74) is 0.877. The Kier molecular flexibility index (Phi) is 6.83. The molecule has 0 aliphatic rings. The Hall–Kier alpha value is -3.92. The molecule has 11 heteroatoms. The molecule has 1 aromatic heterocycles. The summed E-state index contributed by atoms with van der Waals surface area (Å²) in [5.74, 6) is -0.107. The van der Waals surface area contributed by atoms with Crippen molar-refractivity contribution in [1.82, 2.24) is 9.97 Å². The second kappa shape index (κ2) is 9.72. The minimum atomic E-state index is -0.603. The Morgan fingerprint density at radius 2 is 1.81 bits per heavy atom. The number of aromatic nitrogens is 2. The molecule has 3 aromatic rings. The topological polar surface area (TPSA) is 129 Å². The van der Waals surface area contributed by atoms with Crippen LogP contribution in [0.3, 0.4) is 0 Å². The Balaban J connectivity index is 1.91. The number of nitrogens with one attached hydrogen (secondary N) is 2. The first-order chi connectivity index (χ1) is 14.9. The minimum Gasteiger partial charge on any atom is -0.495 e. The van der Waals surface area contributed by atoms with Crippen molar-refractivity contribution in [3.8, 4) is 5.75 Å². The van der Waals surface area contributed by atoms with Crippen molar-refractivity contribution >= 4 is 46.3 Å². The standard InChI is InChI=1S/C20H18ClN5O5/c1-3-31-20(27)12-4-7-14(8-5-12)24-18-17(26(28)29)19(23-11-22-18)25-15-10-13(21)6-9-16(15)30-2/h4-11H,3H2,1-2H3,(H2,22,23,24,25). The molecule has 0 spiro atoms. The third kappa shape index (κ3) is 5.17. The third-order valence-electron chi connectivity index (χ3n) is 4.08.